The molecule has 1 N–H and O–H groups in total. The van der Waals surface area contributed by atoms with Crippen LogP contribution < -0.4 is 10.1 Å². The van der Waals surface area contributed by atoms with E-state index in [4.69, 9.17) is 4.74 Å². The Hall–Kier alpha value is -2.69. The van der Waals surface area contributed by atoms with Crippen molar-refractivity contribution in [1.29, 1.82) is 0 Å². The molecule has 5 heteroatoms. The zero-order chi connectivity index (χ0) is 15.4. The molecule has 3 aromatic rings. The van der Waals surface area contributed by atoms with Crippen molar-refractivity contribution in [2.24, 2.45) is 0 Å². The van der Waals surface area contributed by atoms with Gasteiger partial charge in [0.05, 0.1) is 6.04 Å². The average Bonchev–Trinajstić information content (AvgIpc) is 2.53. The average molecular weight is 294 g/mol. The predicted molar refractivity (Wildman–Crippen MR) is 87.1 cm³/mol. The van der Waals surface area contributed by atoms with E-state index in [-0.39, 0.29) is 6.04 Å². The van der Waals surface area contributed by atoms with E-state index in [1.54, 1.807) is 12.4 Å². The van der Waals surface area contributed by atoms with E-state index in [0.29, 0.717) is 12.3 Å². The molecule has 0 bridgehead atoms. The van der Waals surface area contributed by atoms with Crippen molar-refractivity contribution in [3.05, 3.63) is 54.4 Å². The highest BCUT2D eigenvalue weighted by atomic mass is 16.5. The largest absolute Gasteiger partial charge is 0.491 e. The number of anilines is 1. The summed E-state index contributed by atoms with van der Waals surface area (Å²) in [7, 11) is 0. The highest BCUT2D eigenvalue weighted by molar-refractivity contribution is 5.71. The maximum absolute atomic E-state index is 5.79. The molecule has 0 aliphatic rings. The lowest BCUT2D eigenvalue weighted by Gasteiger charge is -2.16. The lowest BCUT2D eigenvalue weighted by atomic mass is 10.2. The van der Waals surface area contributed by atoms with Crippen molar-refractivity contribution < 1.29 is 4.74 Å². The van der Waals surface area contributed by atoms with Gasteiger partial charge in [0.25, 0.3) is 0 Å². The molecular formula is C17H18N4O. The minimum absolute atomic E-state index is 0.127. The molecule has 0 aliphatic heterocycles. The van der Waals surface area contributed by atoms with E-state index in [1.165, 1.54) is 5.56 Å². The van der Waals surface area contributed by atoms with Gasteiger partial charge < -0.3 is 10.1 Å². The van der Waals surface area contributed by atoms with E-state index in [1.807, 2.05) is 30.3 Å². The summed E-state index contributed by atoms with van der Waals surface area (Å²) in [5.74, 6) is 1.65. The summed E-state index contributed by atoms with van der Waals surface area (Å²) in [6, 6.07) is 12.0. The molecule has 2 aromatic heterocycles. The van der Waals surface area contributed by atoms with E-state index < -0.39 is 0 Å². The molecule has 2 heterocycles. The Morgan fingerprint density at radius 2 is 2.00 bits per heavy atom. The van der Waals surface area contributed by atoms with Gasteiger partial charge in [0, 0.05) is 12.4 Å². The number of rotatable bonds is 5. The molecule has 3 rings (SSSR count). The highest BCUT2D eigenvalue weighted by Crippen LogP contribution is 2.14. The van der Waals surface area contributed by atoms with Crippen molar-refractivity contribution >= 4 is 17.0 Å². The number of ether oxygens (including phenoxy) is 1. The fraction of sp³-hybridized carbons (Fsp3) is 0.235. The van der Waals surface area contributed by atoms with Gasteiger partial charge in [-0.25, -0.2) is 9.97 Å². The van der Waals surface area contributed by atoms with Gasteiger partial charge in [-0.15, -0.1) is 0 Å². The molecule has 1 atom stereocenters. The number of nitrogens with one attached hydrogen (secondary N) is 1. The number of nitrogens with zero attached hydrogens (tertiary/aromatic N) is 3. The third kappa shape index (κ3) is 3.49. The van der Waals surface area contributed by atoms with Gasteiger partial charge in [-0.1, -0.05) is 12.1 Å². The number of aryl methyl sites for hydroxylation is 1. The van der Waals surface area contributed by atoms with Crippen LogP contribution >= 0.6 is 0 Å². The Morgan fingerprint density at radius 3 is 2.86 bits per heavy atom. The molecule has 112 valence electrons. The molecule has 0 saturated heterocycles. The second kappa shape index (κ2) is 6.39. The monoisotopic (exact) mass is 294 g/mol. The molecule has 0 radical (unpaired) electrons. The van der Waals surface area contributed by atoms with Crippen molar-refractivity contribution in [2.75, 3.05) is 11.9 Å². The fourth-order valence-corrected chi connectivity index (χ4v) is 2.16. The number of hydrogen-bond acceptors (Lipinski definition) is 5. The van der Waals surface area contributed by atoms with Gasteiger partial charge >= 0.3 is 0 Å². The molecular weight excluding hydrogens is 276 g/mol. The molecule has 1 aromatic carbocycles. The van der Waals surface area contributed by atoms with Crippen LogP contribution in [0.1, 0.15) is 12.5 Å². The summed E-state index contributed by atoms with van der Waals surface area (Å²) in [6.07, 6.45) is 3.30. The molecule has 0 fully saturated rings. The van der Waals surface area contributed by atoms with Crippen LogP contribution in [0.2, 0.25) is 0 Å². The molecule has 0 saturated carbocycles. The SMILES string of the molecule is Cc1cccc(OCC(C)Nc2ccc3nccnc3n2)c1. The van der Waals surface area contributed by atoms with Crippen LogP contribution in [0.25, 0.3) is 11.2 Å². The molecule has 0 spiro atoms. The zero-order valence-corrected chi connectivity index (χ0v) is 12.7. The van der Waals surface area contributed by atoms with Crippen LogP contribution in [0, 0.1) is 6.92 Å². The number of fused-ring (bicyclic) bond motifs is 1. The van der Waals surface area contributed by atoms with Crippen molar-refractivity contribution in [3.63, 3.8) is 0 Å². The lowest BCUT2D eigenvalue weighted by Crippen LogP contribution is -2.24. The Bertz CT molecular complexity index is 775. The van der Waals surface area contributed by atoms with E-state index in [2.05, 4.69) is 40.2 Å². The first-order chi connectivity index (χ1) is 10.7. The summed E-state index contributed by atoms with van der Waals surface area (Å²) in [6.45, 7) is 4.66. The number of hydrogen-bond donors (Lipinski definition) is 1. The van der Waals surface area contributed by atoms with Crippen molar-refractivity contribution in [3.8, 4) is 5.75 Å². The first kappa shape index (κ1) is 14.3. The first-order valence-corrected chi connectivity index (χ1v) is 7.24. The number of benzene rings is 1. The van der Waals surface area contributed by atoms with Crippen LogP contribution in [0.4, 0.5) is 5.82 Å². The number of aromatic nitrogens is 3. The summed E-state index contributed by atoms with van der Waals surface area (Å²) < 4.78 is 5.79. The normalized spacial score (nSPS) is 12.1. The lowest BCUT2D eigenvalue weighted by molar-refractivity contribution is 0.303. The van der Waals surface area contributed by atoms with E-state index >= 15 is 0 Å². The van der Waals surface area contributed by atoms with Gasteiger partial charge in [0.1, 0.15) is 23.7 Å². The van der Waals surface area contributed by atoms with E-state index in [9.17, 15) is 0 Å². The van der Waals surface area contributed by atoms with Crippen LogP contribution in [-0.2, 0) is 0 Å². The van der Waals surface area contributed by atoms with E-state index in [0.717, 1.165) is 17.1 Å². The van der Waals surface area contributed by atoms with Gasteiger partial charge in [-0.2, -0.15) is 0 Å². The third-order valence-corrected chi connectivity index (χ3v) is 3.22. The summed E-state index contributed by atoms with van der Waals surface area (Å²) in [5.41, 5.74) is 2.61. The van der Waals surface area contributed by atoms with Crippen LogP contribution in [0.5, 0.6) is 5.75 Å². The summed E-state index contributed by atoms with van der Waals surface area (Å²) >= 11 is 0. The minimum Gasteiger partial charge on any atom is -0.491 e. The topological polar surface area (TPSA) is 59.9 Å². The Morgan fingerprint density at radius 1 is 1.14 bits per heavy atom. The van der Waals surface area contributed by atoms with Crippen LogP contribution in [-0.4, -0.2) is 27.6 Å². The third-order valence-electron chi connectivity index (χ3n) is 3.22. The minimum atomic E-state index is 0.127. The zero-order valence-electron chi connectivity index (χ0n) is 12.7. The van der Waals surface area contributed by atoms with Crippen LogP contribution in [0.15, 0.2) is 48.8 Å². The Kier molecular flexibility index (Phi) is 4.14. The molecule has 0 amide bonds. The maximum Gasteiger partial charge on any atom is 0.180 e. The fourth-order valence-electron chi connectivity index (χ4n) is 2.16. The standard InChI is InChI=1S/C17H18N4O/c1-12-4-3-5-14(10-12)22-11-13(2)20-16-7-6-15-17(21-16)19-9-8-18-15/h3-10,13H,11H2,1-2H3,(H,19,20,21). The summed E-state index contributed by atoms with van der Waals surface area (Å²) in [4.78, 5) is 12.9. The first-order valence-electron chi connectivity index (χ1n) is 7.24. The molecule has 0 aliphatic carbocycles. The molecule has 1 unspecified atom stereocenters. The van der Waals surface area contributed by atoms with Gasteiger partial charge in [0.15, 0.2) is 5.65 Å². The smallest absolute Gasteiger partial charge is 0.180 e. The molecule has 22 heavy (non-hydrogen) atoms. The van der Waals surface area contributed by atoms with Crippen molar-refractivity contribution in [1.82, 2.24) is 15.0 Å². The predicted octanol–water partition coefficient (Wildman–Crippen LogP) is 3.21. The molecule has 5 nitrogen and oxygen atoms in total. The van der Waals surface area contributed by atoms with Crippen molar-refractivity contribution in [2.45, 2.75) is 19.9 Å². The second-order valence-corrected chi connectivity index (χ2v) is 5.27. The van der Waals surface area contributed by atoms with Crippen LogP contribution in [0.3, 0.4) is 0 Å². The number of pyridine rings is 1. The highest BCUT2D eigenvalue weighted by Gasteiger charge is 2.06. The van der Waals surface area contributed by atoms with Gasteiger partial charge in [-0.3, -0.25) is 4.98 Å². The van der Waals surface area contributed by atoms with Gasteiger partial charge in [-0.05, 0) is 43.7 Å². The summed E-state index contributed by atoms with van der Waals surface area (Å²) in [5, 5.41) is 3.31. The Labute approximate surface area is 129 Å². The maximum atomic E-state index is 5.79. The Balaban J connectivity index is 1.61. The van der Waals surface area contributed by atoms with Gasteiger partial charge in [0.2, 0.25) is 0 Å². The second-order valence-electron chi connectivity index (χ2n) is 5.27. The quantitative estimate of drug-likeness (QED) is 0.783.